The fourth-order valence-corrected chi connectivity index (χ4v) is 4.23. The van der Waals surface area contributed by atoms with Crippen molar-refractivity contribution in [3.63, 3.8) is 0 Å². The lowest BCUT2D eigenvalue weighted by atomic mass is 9.73. The van der Waals surface area contributed by atoms with Crippen LogP contribution in [0, 0.1) is 11.8 Å². The third-order valence-electron chi connectivity index (χ3n) is 5.28. The van der Waals surface area contributed by atoms with Crippen LogP contribution in [-0.4, -0.2) is 10.9 Å². The van der Waals surface area contributed by atoms with Gasteiger partial charge in [-0.2, -0.15) is 0 Å². The maximum atomic E-state index is 9.79. The Labute approximate surface area is 165 Å². The summed E-state index contributed by atoms with van der Waals surface area (Å²) in [5, 5.41) is 18.8. The zero-order chi connectivity index (χ0) is 18.7. The fourth-order valence-electron chi connectivity index (χ4n) is 3.98. The number of piperidine rings is 1. The first-order chi connectivity index (χ1) is 12.5. The van der Waals surface area contributed by atoms with Gasteiger partial charge in [0.1, 0.15) is 0 Å². The van der Waals surface area contributed by atoms with E-state index in [0.717, 1.165) is 34.7 Å². The van der Waals surface area contributed by atoms with E-state index in [-0.39, 0.29) is 23.9 Å². The number of benzene rings is 2. The molecule has 4 atom stereocenters. The minimum absolute atomic E-state index is 0.0481. The standard InChI is InChI=1S/C21H24Cl2N2O/c1-3-4-18-20(25-26)13(2)19(14-5-9-16(22)10-6-14)24-21(18)15-7-11-17(23)12-8-15/h5-13,18-19,21,24,26H,3-4H2,1-2H3/b25-20+/t13-,18-,19-,21+/m0/s1. The van der Waals surface area contributed by atoms with Crippen LogP contribution in [0.15, 0.2) is 53.7 Å². The Morgan fingerprint density at radius 3 is 1.88 bits per heavy atom. The molecule has 26 heavy (non-hydrogen) atoms. The van der Waals surface area contributed by atoms with E-state index >= 15 is 0 Å². The molecule has 1 heterocycles. The second kappa shape index (κ2) is 8.43. The van der Waals surface area contributed by atoms with Crippen molar-refractivity contribution in [2.75, 3.05) is 0 Å². The molecule has 2 aromatic rings. The highest BCUT2D eigenvalue weighted by molar-refractivity contribution is 6.30. The van der Waals surface area contributed by atoms with Crippen molar-refractivity contribution in [2.24, 2.45) is 17.0 Å². The molecule has 0 spiro atoms. The second-order valence-electron chi connectivity index (χ2n) is 6.93. The Kier molecular flexibility index (Phi) is 6.23. The van der Waals surface area contributed by atoms with Gasteiger partial charge in [0.05, 0.1) is 5.71 Å². The second-order valence-corrected chi connectivity index (χ2v) is 7.81. The van der Waals surface area contributed by atoms with Gasteiger partial charge in [0.15, 0.2) is 0 Å². The molecule has 1 fully saturated rings. The van der Waals surface area contributed by atoms with Crippen LogP contribution in [-0.2, 0) is 0 Å². The Bertz CT molecular complexity index is 759. The molecule has 5 heteroatoms. The molecule has 0 radical (unpaired) electrons. The maximum Gasteiger partial charge on any atom is 0.0667 e. The first-order valence-corrected chi connectivity index (χ1v) is 9.79. The summed E-state index contributed by atoms with van der Waals surface area (Å²) < 4.78 is 0. The fraction of sp³-hybridized carbons (Fsp3) is 0.381. The molecule has 2 aromatic carbocycles. The highest BCUT2D eigenvalue weighted by Gasteiger charge is 2.40. The van der Waals surface area contributed by atoms with Crippen molar-refractivity contribution in [3.05, 3.63) is 69.7 Å². The Balaban J connectivity index is 2.01. The van der Waals surface area contributed by atoms with Crippen LogP contribution in [0.25, 0.3) is 0 Å². The largest absolute Gasteiger partial charge is 0.411 e. The van der Waals surface area contributed by atoms with Crippen LogP contribution in [0.3, 0.4) is 0 Å². The van der Waals surface area contributed by atoms with E-state index in [1.165, 1.54) is 0 Å². The van der Waals surface area contributed by atoms with E-state index < -0.39 is 0 Å². The summed E-state index contributed by atoms with van der Waals surface area (Å²) in [6.45, 7) is 4.27. The molecular weight excluding hydrogens is 367 g/mol. The summed E-state index contributed by atoms with van der Waals surface area (Å²) in [6, 6.07) is 15.9. The zero-order valence-corrected chi connectivity index (χ0v) is 16.5. The number of oxime groups is 1. The van der Waals surface area contributed by atoms with Gasteiger partial charge < -0.3 is 10.5 Å². The third-order valence-corrected chi connectivity index (χ3v) is 5.79. The van der Waals surface area contributed by atoms with Gasteiger partial charge in [-0.05, 0) is 41.8 Å². The summed E-state index contributed by atoms with van der Waals surface area (Å²) >= 11 is 12.1. The molecule has 1 aliphatic heterocycles. The van der Waals surface area contributed by atoms with Gasteiger partial charge in [0, 0.05) is 34.0 Å². The normalized spacial score (nSPS) is 27.6. The SMILES string of the molecule is CCC[C@H]1/C(=N/O)[C@@H](C)[C@@H](c2ccc(Cl)cc2)N[C@@H]1c1ccc(Cl)cc1. The van der Waals surface area contributed by atoms with Crippen LogP contribution >= 0.6 is 23.2 Å². The van der Waals surface area contributed by atoms with Crippen LogP contribution in [0.4, 0.5) is 0 Å². The number of halogens is 2. The minimum atomic E-state index is 0.0481. The molecule has 1 saturated heterocycles. The average Bonchev–Trinajstić information content (AvgIpc) is 2.64. The van der Waals surface area contributed by atoms with Crippen molar-refractivity contribution < 1.29 is 5.21 Å². The molecule has 0 aliphatic carbocycles. The predicted molar refractivity (Wildman–Crippen MR) is 108 cm³/mol. The molecule has 0 aromatic heterocycles. The van der Waals surface area contributed by atoms with Gasteiger partial charge in [-0.3, -0.25) is 0 Å². The molecule has 2 N–H and O–H groups in total. The van der Waals surface area contributed by atoms with Crippen LogP contribution in [0.2, 0.25) is 10.0 Å². The lowest BCUT2D eigenvalue weighted by molar-refractivity contribution is 0.258. The van der Waals surface area contributed by atoms with E-state index in [0.29, 0.717) is 5.02 Å². The summed E-state index contributed by atoms with van der Waals surface area (Å²) in [4.78, 5) is 0. The first-order valence-electron chi connectivity index (χ1n) is 9.04. The van der Waals surface area contributed by atoms with Crippen molar-refractivity contribution >= 4 is 28.9 Å². The van der Waals surface area contributed by atoms with E-state index in [4.69, 9.17) is 23.2 Å². The highest BCUT2D eigenvalue weighted by Crippen LogP contribution is 2.41. The quantitative estimate of drug-likeness (QED) is 0.477. The summed E-state index contributed by atoms with van der Waals surface area (Å²) in [6.07, 6.45) is 1.98. The van der Waals surface area contributed by atoms with Crippen LogP contribution in [0.1, 0.15) is 49.9 Å². The zero-order valence-electron chi connectivity index (χ0n) is 15.0. The van der Waals surface area contributed by atoms with Crippen molar-refractivity contribution in [3.8, 4) is 0 Å². The minimum Gasteiger partial charge on any atom is -0.411 e. The van der Waals surface area contributed by atoms with Crippen molar-refractivity contribution in [1.29, 1.82) is 0 Å². The van der Waals surface area contributed by atoms with Gasteiger partial charge in [-0.15, -0.1) is 0 Å². The number of rotatable bonds is 4. The number of nitrogens with one attached hydrogen (secondary N) is 1. The van der Waals surface area contributed by atoms with Crippen molar-refractivity contribution in [2.45, 2.75) is 38.8 Å². The van der Waals surface area contributed by atoms with Crippen molar-refractivity contribution in [1.82, 2.24) is 5.32 Å². The molecule has 138 valence electrons. The smallest absolute Gasteiger partial charge is 0.0667 e. The lowest BCUT2D eigenvalue weighted by Gasteiger charge is -2.42. The van der Waals surface area contributed by atoms with Crippen LogP contribution < -0.4 is 5.32 Å². The first kappa shape index (κ1) is 19.2. The van der Waals surface area contributed by atoms with Gasteiger partial charge in [0.25, 0.3) is 0 Å². The molecule has 0 unspecified atom stereocenters. The van der Waals surface area contributed by atoms with Gasteiger partial charge in [-0.1, -0.05) is 72.9 Å². The van der Waals surface area contributed by atoms with E-state index in [1.807, 2.05) is 48.5 Å². The molecule has 3 rings (SSSR count). The van der Waals surface area contributed by atoms with E-state index in [9.17, 15) is 5.21 Å². The molecule has 0 saturated carbocycles. The summed E-state index contributed by atoms with van der Waals surface area (Å²) in [5.74, 6) is 0.228. The number of hydrogen-bond acceptors (Lipinski definition) is 3. The van der Waals surface area contributed by atoms with E-state index in [1.54, 1.807) is 0 Å². The highest BCUT2D eigenvalue weighted by atomic mass is 35.5. The van der Waals surface area contributed by atoms with Crippen LogP contribution in [0.5, 0.6) is 0 Å². The molecule has 0 amide bonds. The van der Waals surface area contributed by atoms with Gasteiger partial charge in [0.2, 0.25) is 0 Å². The lowest BCUT2D eigenvalue weighted by Crippen LogP contribution is -2.47. The topological polar surface area (TPSA) is 44.6 Å². The maximum absolute atomic E-state index is 9.79. The molecular formula is C21H24Cl2N2O. The third kappa shape index (κ3) is 3.90. The van der Waals surface area contributed by atoms with Gasteiger partial charge in [-0.25, -0.2) is 0 Å². The summed E-state index contributed by atoms with van der Waals surface area (Å²) in [7, 11) is 0. The Morgan fingerprint density at radius 2 is 1.42 bits per heavy atom. The number of hydrogen-bond donors (Lipinski definition) is 2. The molecule has 1 aliphatic rings. The van der Waals surface area contributed by atoms with Gasteiger partial charge >= 0.3 is 0 Å². The molecule has 0 bridgehead atoms. The number of nitrogens with zero attached hydrogens (tertiary/aromatic N) is 1. The molecule has 3 nitrogen and oxygen atoms in total. The summed E-state index contributed by atoms with van der Waals surface area (Å²) in [5.41, 5.74) is 3.14. The predicted octanol–water partition coefficient (Wildman–Crippen LogP) is 6.26. The average molecular weight is 391 g/mol. The monoisotopic (exact) mass is 390 g/mol. The van der Waals surface area contributed by atoms with E-state index in [2.05, 4.69) is 24.3 Å². The Morgan fingerprint density at radius 1 is 0.923 bits per heavy atom. The Hall–Kier alpha value is -1.55.